The van der Waals surface area contributed by atoms with Crippen LogP contribution in [0.25, 0.3) is 0 Å². The van der Waals surface area contributed by atoms with Crippen molar-refractivity contribution < 1.29 is 13.5 Å². The maximum atomic E-state index is 13.3. The first kappa shape index (κ1) is 12.5. The molecule has 0 saturated carbocycles. The van der Waals surface area contributed by atoms with E-state index in [0.717, 1.165) is 0 Å². The van der Waals surface area contributed by atoms with Gasteiger partial charge in [-0.3, -0.25) is 0 Å². The summed E-state index contributed by atoms with van der Waals surface area (Å²) in [5.41, 5.74) is 6.60. The second kappa shape index (κ2) is 5.14. The van der Waals surface area contributed by atoms with Gasteiger partial charge < -0.3 is 10.5 Å². The maximum absolute atomic E-state index is 13.3. The smallest absolute Gasteiger partial charge is 0.130 e. The lowest BCUT2D eigenvalue weighted by molar-refractivity contribution is 0.470. The first-order valence-electron chi connectivity index (χ1n) is 5.52. The molecule has 94 valence electrons. The number of benzene rings is 2. The van der Waals surface area contributed by atoms with E-state index in [1.54, 1.807) is 25.1 Å². The number of rotatable bonds is 3. The maximum Gasteiger partial charge on any atom is 0.130 e. The summed E-state index contributed by atoms with van der Waals surface area (Å²) in [6.45, 7) is 1.88. The van der Waals surface area contributed by atoms with Crippen LogP contribution in [0.1, 0.15) is 11.1 Å². The summed E-state index contributed by atoms with van der Waals surface area (Å²) in [6, 6.07) is 8.70. The molecule has 0 atom stereocenters. The minimum atomic E-state index is -0.430. The lowest BCUT2D eigenvalue weighted by Gasteiger charge is -2.08. The van der Waals surface area contributed by atoms with Crippen molar-refractivity contribution in [1.29, 1.82) is 0 Å². The molecule has 2 N–H and O–H groups in total. The number of aryl methyl sites for hydroxylation is 1. The van der Waals surface area contributed by atoms with Crippen LogP contribution in [0.2, 0.25) is 0 Å². The first-order valence-corrected chi connectivity index (χ1v) is 5.52. The van der Waals surface area contributed by atoms with Gasteiger partial charge in [-0.25, -0.2) is 8.78 Å². The summed E-state index contributed by atoms with van der Waals surface area (Å²) in [5, 5.41) is 0. The highest BCUT2D eigenvalue weighted by Crippen LogP contribution is 2.25. The molecule has 0 aliphatic carbocycles. The first-order chi connectivity index (χ1) is 8.58. The van der Waals surface area contributed by atoms with E-state index in [2.05, 4.69) is 0 Å². The molecule has 2 aromatic rings. The standard InChI is InChI=1S/C14H13F2NO/c1-9-2-3-12(7-14(9)16)18-13-5-10(8-17)4-11(15)6-13/h2-7H,8,17H2,1H3. The Bertz CT molecular complexity index is 570. The predicted octanol–water partition coefficient (Wildman–Crippen LogP) is 3.52. The molecule has 0 heterocycles. The average molecular weight is 249 g/mol. The molecular formula is C14H13F2NO. The van der Waals surface area contributed by atoms with Gasteiger partial charge in [0.05, 0.1) is 0 Å². The SMILES string of the molecule is Cc1ccc(Oc2cc(F)cc(CN)c2)cc1F. The minimum Gasteiger partial charge on any atom is -0.457 e. The number of hydrogen-bond donors (Lipinski definition) is 1. The second-order valence-corrected chi connectivity index (χ2v) is 4.01. The Morgan fingerprint density at radius 1 is 1.06 bits per heavy atom. The normalized spacial score (nSPS) is 10.4. The Kier molecular flexibility index (Phi) is 3.58. The van der Waals surface area contributed by atoms with Gasteiger partial charge in [-0.2, -0.15) is 0 Å². The molecule has 0 saturated heterocycles. The number of halogens is 2. The van der Waals surface area contributed by atoms with E-state index in [1.807, 2.05) is 0 Å². The highest BCUT2D eigenvalue weighted by Gasteiger charge is 2.04. The second-order valence-electron chi connectivity index (χ2n) is 4.01. The van der Waals surface area contributed by atoms with Gasteiger partial charge >= 0.3 is 0 Å². The fourth-order valence-corrected chi connectivity index (χ4v) is 1.57. The third-order valence-corrected chi connectivity index (χ3v) is 2.55. The quantitative estimate of drug-likeness (QED) is 0.903. The summed E-state index contributed by atoms with van der Waals surface area (Å²) in [6.07, 6.45) is 0. The van der Waals surface area contributed by atoms with Crippen LogP contribution in [-0.4, -0.2) is 0 Å². The van der Waals surface area contributed by atoms with E-state index < -0.39 is 5.82 Å². The molecule has 0 radical (unpaired) electrons. The summed E-state index contributed by atoms with van der Waals surface area (Å²) >= 11 is 0. The highest BCUT2D eigenvalue weighted by atomic mass is 19.1. The molecule has 0 fully saturated rings. The molecule has 18 heavy (non-hydrogen) atoms. The largest absolute Gasteiger partial charge is 0.457 e. The lowest BCUT2D eigenvalue weighted by atomic mass is 10.2. The van der Waals surface area contributed by atoms with Crippen LogP contribution in [0.5, 0.6) is 11.5 Å². The number of hydrogen-bond acceptors (Lipinski definition) is 2. The van der Waals surface area contributed by atoms with Crippen molar-refractivity contribution in [2.75, 3.05) is 0 Å². The molecule has 2 rings (SSSR count). The zero-order valence-corrected chi connectivity index (χ0v) is 9.91. The highest BCUT2D eigenvalue weighted by molar-refractivity contribution is 5.36. The van der Waals surface area contributed by atoms with Crippen molar-refractivity contribution in [1.82, 2.24) is 0 Å². The zero-order valence-electron chi connectivity index (χ0n) is 9.91. The van der Waals surface area contributed by atoms with Crippen molar-refractivity contribution in [3.63, 3.8) is 0 Å². The molecular weight excluding hydrogens is 236 g/mol. The van der Waals surface area contributed by atoms with Gasteiger partial charge in [0.1, 0.15) is 23.1 Å². The van der Waals surface area contributed by atoms with E-state index in [4.69, 9.17) is 10.5 Å². The lowest BCUT2D eigenvalue weighted by Crippen LogP contribution is -1.97. The van der Waals surface area contributed by atoms with E-state index in [-0.39, 0.29) is 12.4 Å². The Hall–Kier alpha value is -1.94. The predicted molar refractivity (Wildman–Crippen MR) is 65.5 cm³/mol. The summed E-state index contributed by atoms with van der Waals surface area (Å²) < 4.78 is 32.0. The molecule has 0 aliphatic rings. The van der Waals surface area contributed by atoms with Crippen LogP contribution in [0, 0.1) is 18.6 Å². The summed E-state index contributed by atoms with van der Waals surface area (Å²) in [5.74, 6) is -0.158. The molecule has 0 bridgehead atoms. The van der Waals surface area contributed by atoms with Crippen molar-refractivity contribution in [2.45, 2.75) is 13.5 Å². The Morgan fingerprint density at radius 2 is 1.83 bits per heavy atom. The monoisotopic (exact) mass is 249 g/mol. The van der Waals surface area contributed by atoms with Gasteiger partial charge in [-0.05, 0) is 36.2 Å². The van der Waals surface area contributed by atoms with Gasteiger partial charge in [0.25, 0.3) is 0 Å². The third-order valence-electron chi connectivity index (χ3n) is 2.55. The van der Waals surface area contributed by atoms with Crippen LogP contribution < -0.4 is 10.5 Å². The van der Waals surface area contributed by atoms with E-state index in [9.17, 15) is 8.78 Å². The number of nitrogens with two attached hydrogens (primary N) is 1. The summed E-state index contributed by atoms with van der Waals surface area (Å²) in [4.78, 5) is 0. The van der Waals surface area contributed by atoms with E-state index in [0.29, 0.717) is 22.6 Å². The van der Waals surface area contributed by atoms with E-state index >= 15 is 0 Å². The molecule has 2 nitrogen and oxygen atoms in total. The molecule has 0 spiro atoms. The molecule has 0 aliphatic heterocycles. The minimum absolute atomic E-state index is 0.219. The summed E-state index contributed by atoms with van der Waals surface area (Å²) in [7, 11) is 0. The van der Waals surface area contributed by atoms with Crippen molar-refractivity contribution in [3.05, 3.63) is 59.2 Å². The van der Waals surface area contributed by atoms with Crippen LogP contribution in [0.4, 0.5) is 8.78 Å². The Labute approximate surface area is 104 Å². The van der Waals surface area contributed by atoms with Gasteiger partial charge in [-0.1, -0.05) is 6.07 Å². The third kappa shape index (κ3) is 2.84. The molecule has 4 heteroatoms. The topological polar surface area (TPSA) is 35.2 Å². The number of ether oxygens (including phenoxy) is 1. The van der Waals surface area contributed by atoms with Gasteiger partial charge in [0.15, 0.2) is 0 Å². The van der Waals surface area contributed by atoms with Crippen LogP contribution in [0.3, 0.4) is 0 Å². The van der Waals surface area contributed by atoms with Gasteiger partial charge in [-0.15, -0.1) is 0 Å². The van der Waals surface area contributed by atoms with E-state index in [1.165, 1.54) is 18.2 Å². The van der Waals surface area contributed by atoms with Gasteiger partial charge in [0.2, 0.25) is 0 Å². The Balaban J connectivity index is 2.27. The van der Waals surface area contributed by atoms with Crippen LogP contribution >= 0.6 is 0 Å². The van der Waals surface area contributed by atoms with Crippen LogP contribution in [0.15, 0.2) is 36.4 Å². The van der Waals surface area contributed by atoms with Crippen molar-refractivity contribution in [3.8, 4) is 11.5 Å². The van der Waals surface area contributed by atoms with Crippen LogP contribution in [-0.2, 0) is 6.54 Å². The van der Waals surface area contributed by atoms with Gasteiger partial charge in [0, 0.05) is 18.7 Å². The molecule has 0 amide bonds. The average Bonchev–Trinajstić information content (AvgIpc) is 2.33. The van der Waals surface area contributed by atoms with Crippen molar-refractivity contribution in [2.24, 2.45) is 5.73 Å². The Morgan fingerprint density at radius 3 is 2.50 bits per heavy atom. The zero-order chi connectivity index (χ0) is 13.1. The molecule has 2 aromatic carbocycles. The fourth-order valence-electron chi connectivity index (χ4n) is 1.57. The fraction of sp³-hybridized carbons (Fsp3) is 0.143. The van der Waals surface area contributed by atoms with Crippen molar-refractivity contribution >= 4 is 0 Å². The molecule has 0 unspecified atom stereocenters. The molecule has 0 aromatic heterocycles.